The van der Waals surface area contributed by atoms with E-state index in [2.05, 4.69) is 4.98 Å². The predicted octanol–water partition coefficient (Wildman–Crippen LogP) is 0.810. The maximum absolute atomic E-state index is 12.1. The molecule has 0 unspecified atom stereocenters. The molecule has 0 radical (unpaired) electrons. The molecule has 0 fully saturated rings. The maximum atomic E-state index is 12.1. The Hall–Kier alpha value is -1.47. The first kappa shape index (κ1) is 13.6. The van der Waals surface area contributed by atoms with E-state index in [-0.39, 0.29) is 10.5 Å². The first-order valence-electron chi connectivity index (χ1n) is 5.12. The Morgan fingerprint density at radius 3 is 2.41 bits per heavy atom. The summed E-state index contributed by atoms with van der Waals surface area (Å²) in [5.74, 6) is -1.20. The summed E-state index contributed by atoms with van der Waals surface area (Å²) in [6, 6.07) is 1.11. The molecule has 0 aliphatic carbocycles. The third kappa shape index (κ3) is 2.80. The van der Waals surface area contributed by atoms with Gasteiger partial charge in [-0.05, 0) is 6.07 Å². The quantitative estimate of drug-likeness (QED) is 0.844. The van der Waals surface area contributed by atoms with Crippen LogP contribution < -0.4 is 0 Å². The fourth-order valence-electron chi connectivity index (χ4n) is 1.39. The molecule has 0 aliphatic rings. The van der Waals surface area contributed by atoms with Crippen molar-refractivity contribution in [2.24, 2.45) is 0 Å². The standard InChI is InChI=1S/C10H14N2O4S/c1-3-12(4-2)17(15,16)9-5-8(10(13)14)6-11-7-9/h5-7H,3-4H2,1-2H3,(H,13,14). The van der Waals surface area contributed by atoms with Gasteiger partial charge in [0.25, 0.3) is 0 Å². The lowest BCUT2D eigenvalue weighted by Crippen LogP contribution is -2.30. The van der Waals surface area contributed by atoms with Crippen LogP contribution in [0.15, 0.2) is 23.4 Å². The summed E-state index contributed by atoms with van der Waals surface area (Å²) in [6.45, 7) is 4.09. The van der Waals surface area contributed by atoms with E-state index in [1.165, 1.54) is 4.31 Å². The van der Waals surface area contributed by atoms with E-state index in [0.29, 0.717) is 13.1 Å². The van der Waals surface area contributed by atoms with E-state index in [9.17, 15) is 13.2 Å². The maximum Gasteiger partial charge on any atom is 0.337 e. The van der Waals surface area contributed by atoms with Gasteiger partial charge in [0.2, 0.25) is 10.0 Å². The smallest absolute Gasteiger partial charge is 0.337 e. The van der Waals surface area contributed by atoms with Gasteiger partial charge < -0.3 is 5.11 Å². The lowest BCUT2D eigenvalue weighted by molar-refractivity contribution is 0.0696. The molecule has 0 atom stereocenters. The van der Waals surface area contributed by atoms with Crippen LogP contribution in [0.5, 0.6) is 0 Å². The molecule has 17 heavy (non-hydrogen) atoms. The molecule has 1 aromatic rings. The minimum Gasteiger partial charge on any atom is -0.478 e. The Balaban J connectivity index is 3.24. The molecule has 1 heterocycles. The number of carboxylic acids is 1. The van der Waals surface area contributed by atoms with Crippen LogP contribution in [0, 0.1) is 0 Å². The highest BCUT2D eigenvalue weighted by Crippen LogP contribution is 2.15. The lowest BCUT2D eigenvalue weighted by Gasteiger charge is -2.18. The van der Waals surface area contributed by atoms with Gasteiger partial charge in [-0.2, -0.15) is 4.31 Å². The Labute approximate surface area is 100.0 Å². The van der Waals surface area contributed by atoms with Gasteiger partial charge in [-0.25, -0.2) is 13.2 Å². The molecule has 1 aromatic heterocycles. The second kappa shape index (κ2) is 5.24. The van der Waals surface area contributed by atoms with Crippen molar-refractivity contribution in [3.05, 3.63) is 24.0 Å². The Morgan fingerprint density at radius 1 is 1.35 bits per heavy atom. The molecule has 6 nitrogen and oxygen atoms in total. The van der Waals surface area contributed by atoms with Gasteiger partial charge in [0.05, 0.1) is 5.56 Å². The Morgan fingerprint density at radius 2 is 1.94 bits per heavy atom. The Kier molecular flexibility index (Phi) is 4.19. The van der Waals surface area contributed by atoms with Crippen LogP contribution in [0.4, 0.5) is 0 Å². The first-order valence-corrected chi connectivity index (χ1v) is 6.56. The number of aromatic carboxylic acids is 1. The Bertz CT molecular complexity index is 509. The highest BCUT2D eigenvalue weighted by molar-refractivity contribution is 7.89. The first-order chi connectivity index (χ1) is 7.93. The van der Waals surface area contributed by atoms with Gasteiger partial charge >= 0.3 is 5.97 Å². The second-order valence-electron chi connectivity index (χ2n) is 3.30. The fourth-order valence-corrected chi connectivity index (χ4v) is 2.84. The number of carbonyl (C=O) groups is 1. The number of rotatable bonds is 5. The molecular formula is C10H14N2O4S. The van der Waals surface area contributed by atoms with Crippen molar-refractivity contribution >= 4 is 16.0 Å². The largest absolute Gasteiger partial charge is 0.478 e. The molecular weight excluding hydrogens is 244 g/mol. The van der Waals surface area contributed by atoms with Crippen molar-refractivity contribution < 1.29 is 18.3 Å². The van der Waals surface area contributed by atoms with Gasteiger partial charge in [-0.1, -0.05) is 13.8 Å². The van der Waals surface area contributed by atoms with E-state index >= 15 is 0 Å². The third-order valence-corrected chi connectivity index (χ3v) is 4.32. The summed E-state index contributed by atoms with van der Waals surface area (Å²) in [7, 11) is -3.65. The molecule has 0 aliphatic heterocycles. The van der Waals surface area contributed by atoms with Crippen LogP contribution in [0.1, 0.15) is 24.2 Å². The van der Waals surface area contributed by atoms with Crippen LogP contribution >= 0.6 is 0 Å². The molecule has 1 rings (SSSR count). The van der Waals surface area contributed by atoms with Gasteiger partial charge in [-0.3, -0.25) is 4.98 Å². The van der Waals surface area contributed by atoms with Crippen LogP contribution in [-0.2, 0) is 10.0 Å². The number of carboxylic acid groups (broad SMARTS) is 1. The van der Waals surface area contributed by atoms with Gasteiger partial charge in [0.1, 0.15) is 4.90 Å². The topological polar surface area (TPSA) is 87.6 Å². The normalized spacial score (nSPS) is 11.7. The summed E-state index contributed by atoms with van der Waals surface area (Å²) in [6.07, 6.45) is 2.27. The van der Waals surface area contributed by atoms with Gasteiger partial charge in [0, 0.05) is 25.5 Å². The van der Waals surface area contributed by atoms with E-state index in [4.69, 9.17) is 5.11 Å². The molecule has 1 N–H and O–H groups in total. The molecule has 0 amide bonds. The molecule has 0 saturated carbocycles. The fraction of sp³-hybridized carbons (Fsp3) is 0.400. The average Bonchev–Trinajstić information content (AvgIpc) is 2.30. The minimum atomic E-state index is -3.65. The van der Waals surface area contributed by atoms with Crippen LogP contribution in [0.25, 0.3) is 0 Å². The van der Waals surface area contributed by atoms with Crippen LogP contribution in [0.2, 0.25) is 0 Å². The highest BCUT2D eigenvalue weighted by atomic mass is 32.2. The number of nitrogens with zero attached hydrogens (tertiary/aromatic N) is 2. The summed E-state index contributed by atoms with van der Waals surface area (Å²) < 4.78 is 25.4. The summed E-state index contributed by atoms with van der Waals surface area (Å²) in [4.78, 5) is 14.3. The SMILES string of the molecule is CCN(CC)S(=O)(=O)c1cncc(C(=O)O)c1. The van der Waals surface area contributed by atoms with Crippen molar-refractivity contribution in [3.8, 4) is 0 Å². The number of pyridine rings is 1. The van der Waals surface area contributed by atoms with E-state index in [1.807, 2.05) is 0 Å². The third-order valence-electron chi connectivity index (χ3n) is 2.30. The zero-order valence-corrected chi connectivity index (χ0v) is 10.4. The minimum absolute atomic E-state index is 0.0962. The molecule has 0 aromatic carbocycles. The van der Waals surface area contributed by atoms with E-state index < -0.39 is 16.0 Å². The zero-order valence-electron chi connectivity index (χ0n) is 9.62. The van der Waals surface area contributed by atoms with Gasteiger partial charge in [0.15, 0.2) is 0 Å². The molecule has 0 saturated heterocycles. The molecule has 0 spiro atoms. The van der Waals surface area contributed by atoms with Crippen LogP contribution in [0.3, 0.4) is 0 Å². The molecule has 7 heteroatoms. The number of aromatic nitrogens is 1. The van der Waals surface area contributed by atoms with Crippen LogP contribution in [-0.4, -0.2) is 41.9 Å². The molecule has 0 bridgehead atoms. The van der Waals surface area contributed by atoms with E-state index in [1.54, 1.807) is 13.8 Å². The van der Waals surface area contributed by atoms with E-state index in [0.717, 1.165) is 18.5 Å². The number of sulfonamides is 1. The molecule has 94 valence electrons. The van der Waals surface area contributed by atoms with Crippen molar-refractivity contribution in [2.75, 3.05) is 13.1 Å². The van der Waals surface area contributed by atoms with Crippen molar-refractivity contribution in [1.82, 2.24) is 9.29 Å². The van der Waals surface area contributed by atoms with Crippen molar-refractivity contribution in [2.45, 2.75) is 18.7 Å². The number of hydrogen-bond acceptors (Lipinski definition) is 4. The van der Waals surface area contributed by atoms with Crippen molar-refractivity contribution in [1.29, 1.82) is 0 Å². The predicted molar refractivity (Wildman–Crippen MR) is 61.3 cm³/mol. The number of hydrogen-bond donors (Lipinski definition) is 1. The monoisotopic (exact) mass is 258 g/mol. The highest BCUT2D eigenvalue weighted by Gasteiger charge is 2.22. The summed E-state index contributed by atoms with van der Waals surface area (Å²) in [5.41, 5.74) is -0.141. The lowest BCUT2D eigenvalue weighted by atomic mass is 10.3. The zero-order chi connectivity index (χ0) is 13.1. The summed E-state index contributed by atoms with van der Waals surface area (Å²) in [5, 5.41) is 8.78. The summed E-state index contributed by atoms with van der Waals surface area (Å²) >= 11 is 0. The second-order valence-corrected chi connectivity index (χ2v) is 5.24. The van der Waals surface area contributed by atoms with Crippen molar-refractivity contribution in [3.63, 3.8) is 0 Å². The average molecular weight is 258 g/mol. The van der Waals surface area contributed by atoms with Gasteiger partial charge in [-0.15, -0.1) is 0 Å².